The van der Waals surface area contributed by atoms with Gasteiger partial charge >= 0.3 is 0 Å². The molecule has 8 aromatic rings. The van der Waals surface area contributed by atoms with Gasteiger partial charge in [-0.2, -0.15) is 0 Å². The molecule has 0 aliphatic heterocycles. The molecule has 0 radical (unpaired) electrons. The molecule has 0 bridgehead atoms. The molecule has 0 saturated carbocycles. The van der Waals surface area contributed by atoms with Crippen LogP contribution in [0.2, 0.25) is 0 Å². The number of rotatable bonds is 7. The number of allylic oxidation sites excluding steroid dienone is 2. The van der Waals surface area contributed by atoms with Crippen LogP contribution in [0.5, 0.6) is 0 Å². The Morgan fingerprint density at radius 1 is 0.596 bits per heavy atom. The molecule has 0 saturated heterocycles. The van der Waals surface area contributed by atoms with Gasteiger partial charge in [-0.25, -0.2) is 0 Å². The Balaban J connectivity index is 1.31. The zero-order valence-corrected chi connectivity index (χ0v) is 27.0. The highest BCUT2D eigenvalue weighted by Crippen LogP contribution is 2.38. The molecule has 5 aromatic carbocycles. The van der Waals surface area contributed by atoms with Crippen LogP contribution in [-0.4, -0.2) is 9.13 Å². The third kappa shape index (κ3) is 4.50. The van der Waals surface area contributed by atoms with Crippen molar-refractivity contribution in [2.75, 3.05) is 0 Å². The van der Waals surface area contributed by atoms with Crippen molar-refractivity contribution in [1.82, 2.24) is 9.13 Å². The quantitative estimate of drug-likeness (QED) is 0.176. The first-order valence-corrected chi connectivity index (χ1v) is 16.4. The van der Waals surface area contributed by atoms with Crippen LogP contribution in [0.15, 0.2) is 132 Å². The lowest BCUT2D eigenvalue weighted by atomic mass is 10.0. The zero-order chi connectivity index (χ0) is 32.1. The minimum Gasteiger partial charge on any atom is -0.460 e. The van der Waals surface area contributed by atoms with Crippen molar-refractivity contribution in [2.45, 2.75) is 27.2 Å². The van der Waals surface area contributed by atoms with Gasteiger partial charge in [0.15, 0.2) is 0 Å². The van der Waals surface area contributed by atoms with Crippen LogP contribution in [0.1, 0.15) is 43.4 Å². The predicted octanol–water partition coefficient (Wildman–Crippen LogP) is 12.4. The van der Waals surface area contributed by atoms with Gasteiger partial charge in [-0.3, -0.25) is 0 Å². The second-order valence-corrected chi connectivity index (χ2v) is 12.0. The third-order valence-electron chi connectivity index (χ3n) is 9.29. The van der Waals surface area contributed by atoms with E-state index in [2.05, 4.69) is 170 Å². The lowest BCUT2D eigenvalue weighted by Gasteiger charge is -2.11. The summed E-state index contributed by atoms with van der Waals surface area (Å²) in [4.78, 5) is 0. The van der Waals surface area contributed by atoms with Gasteiger partial charge in [-0.15, -0.1) is 0 Å². The Morgan fingerprint density at radius 3 is 1.96 bits per heavy atom. The maximum absolute atomic E-state index is 6.23. The Bertz CT molecular complexity index is 2490. The van der Waals surface area contributed by atoms with Crippen molar-refractivity contribution in [3.05, 3.63) is 151 Å². The standard InChI is InChI=1S/C44H36N2O/c1-5-14-33-37-27-30(29-16-13-17-31(26-29)46-40-20-11-9-18-34(40)35-19-10-12-21-41(35)46)22-24-42(37)45(39(33)7-3)32-23-25-44-38(28-32)36(15-6-2)43(8-4)47-44/h5-7,9-28H,3,8H2,1-2,4H3/b14-5-,15-6-. The summed E-state index contributed by atoms with van der Waals surface area (Å²) in [7, 11) is 0. The second-order valence-electron chi connectivity index (χ2n) is 12.0. The fraction of sp³-hybridized carbons (Fsp3) is 0.0909. The zero-order valence-electron chi connectivity index (χ0n) is 27.0. The molecule has 3 heterocycles. The van der Waals surface area contributed by atoms with E-state index in [-0.39, 0.29) is 0 Å². The lowest BCUT2D eigenvalue weighted by molar-refractivity contribution is 0.556. The molecule has 0 aliphatic rings. The van der Waals surface area contributed by atoms with Gasteiger partial charge in [0.1, 0.15) is 11.3 Å². The van der Waals surface area contributed by atoms with Gasteiger partial charge in [0.2, 0.25) is 0 Å². The normalized spacial score (nSPS) is 12.1. The number of hydrogen-bond acceptors (Lipinski definition) is 1. The number of furan rings is 1. The molecule has 0 amide bonds. The van der Waals surface area contributed by atoms with Crippen molar-refractivity contribution in [2.24, 2.45) is 0 Å². The number of hydrogen-bond donors (Lipinski definition) is 0. The molecule has 3 nitrogen and oxygen atoms in total. The number of nitrogens with zero attached hydrogens (tertiary/aromatic N) is 2. The van der Waals surface area contributed by atoms with Gasteiger partial charge < -0.3 is 13.6 Å². The van der Waals surface area contributed by atoms with E-state index >= 15 is 0 Å². The number of aryl methyl sites for hydroxylation is 1. The Labute approximate surface area is 275 Å². The summed E-state index contributed by atoms with van der Waals surface area (Å²) in [6, 6.07) is 39.5. The molecule has 8 rings (SSSR count). The maximum atomic E-state index is 6.23. The van der Waals surface area contributed by atoms with Gasteiger partial charge in [-0.05, 0) is 85.6 Å². The molecule has 0 unspecified atom stereocenters. The largest absolute Gasteiger partial charge is 0.460 e. The fourth-order valence-corrected chi connectivity index (χ4v) is 7.27. The first-order valence-electron chi connectivity index (χ1n) is 16.4. The van der Waals surface area contributed by atoms with Crippen LogP contribution in [0.25, 0.3) is 84.4 Å². The lowest BCUT2D eigenvalue weighted by Crippen LogP contribution is -1.97. The van der Waals surface area contributed by atoms with Crippen LogP contribution in [0.3, 0.4) is 0 Å². The average Bonchev–Trinajstić information content (AvgIpc) is 3.75. The molecule has 0 spiro atoms. The van der Waals surface area contributed by atoms with Crippen molar-refractivity contribution >= 4 is 61.9 Å². The Kier molecular flexibility index (Phi) is 7.03. The summed E-state index contributed by atoms with van der Waals surface area (Å²) in [6.45, 7) is 10.5. The highest BCUT2D eigenvalue weighted by molar-refractivity contribution is 6.09. The Hall–Kier alpha value is -5.80. The number of para-hydroxylation sites is 2. The number of benzene rings is 5. The molecule has 0 fully saturated rings. The molecule has 0 atom stereocenters. The maximum Gasteiger partial charge on any atom is 0.135 e. The van der Waals surface area contributed by atoms with E-state index in [1.807, 2.05) is 6.08 Å². The SMILES string of the molecule is C=Cc1c(/C=C\C)c2cc(-c3cccc(-n4c5ccccc5c5ccccc54)c3)ccc2n1-c1ccc2oc(CC)c(/C=C\C)c2c1. The molecule has 47 heavy (non-hydrogen) atoms. The first-order chi connectivity index (χ1) is 23.1. The van der Waals surface area contributed by atoms with Crippen molar-refractivity contribution < 1.29 is 4.42 Å². The summed E-state index contributed by atoms with van der Waals surface area (Å²) in [5, 5.41) is 4.84. The predicted molar refractivity (Wildman–Crippen MR) is 202 cm³/mol. The van der Waals surface area contributed by atoms with Crippen LogP contribution < -0.4 is 0 Å². The van der Waals surface area contributed by atoms with Crippen LogP contribution in [0.4, 0.5) is 0 Å². The second kappa shape index (κ2) is 11.5. The summed E-state index contributed by atoms with van der Waals surface area (Å²) < 4.78 is 10.9. The van der Waals surface area contributed by atoms with Crippen molar-refractivity contribution in [3.63, 3.8) is 0 Å². The minimum absolute atomic E-state index is 0.847. The molecule has 3 aromatic heterocycles. The van der Waals surface area contributed by atoms with E-state index in [9.17, 15) is 0 Å². The summed E-state index contributed by atoms with van der Waals surface area (Å²) in [6.07, 6.45) is 11.4. The van der Waals surface area contributed by atoms with Crippen molar-refractivity contribution in [1.29, 1.82) is 0 Å². The van der Waals surface area contributed by atoms with Gasteiger partial charge in [0, 0.05) is 50.5 Å². The molecule has 228 valence electrons. The molecule has 3 heteroatoms. The molecular formula is C44H36N2O. The van der Waals surface area contributed by atoms with E-state index < -0.39 is 0 Å². The summed E-state index contributed by atoms with van der Waals surface area (Å²) in [5.41, 5.74) is 12.4. The smallest absolute Gasteiger partial charge is 0.135 e. The highest BCUT2D eigenvalue weighted by Gasteiger charge is 2.19. The van der Waals surface area contributed by atoms with E-state index in [0.29, 0.717) is 0 Å². The van der Waals surface area contributed by atoms with Crippen LogP contribution in [-0.2, 0) is 6.42 Å². The molecule has 0 N–H and O–H groups in total. The summed E-state index contributed by atoms with van der Waals surface area (Å²) >= 11 is 0. The van der Waals surface area contributed by atoms with Gasteiger partial charge in [0.05, 0.1) is 22.2 Å². The van der Waals surface area contributed by atoms with E-state index in [1.165, 1.54) is 38.3 Å². The number of aromatic nitrogens is 2. The molecule has 0 aliphatic carbocycles. The summed E-state index contributed by atoms with van der Waals surface area (Å²) in [5.74, 6) is 1.01. The van der Waals surface area contributed by atoms with E-state index in [1.54, 1.807) is 0 Å². The van der Waals surface area contributed by atoms with Crippen molar-refractivity contribution in [3.8, 4) is 22.5 Å². The third-order valence-corrected chi connectivity index (χ3v) is 9.29. The monoisotopic (exact) mass is 608 g/mol. The van der Waals surface area contributed by atoms with E-state index in [0.717, 1.165) is 56.9 Å². The minimum atomic E-state index is 0.847. The average molecular weight is 609 g/mol. The van der Waals surface area contributed by atoms with Crippen LogP contribution >= 0.6 is 0 Å². The molecular weight excluding hydrogens is 572 g/mol. The Morgan fingerprint density at radius 2 is 1.26 bits per heavy atom. The van der Waals surface area contributed by atoms with Gasteiger partial charge in [0.25, 0.3) is 0 Å². The van der Waals surface area contributed by atoms with Crippen LogP contribution in [0, 0.1) is 0 Å². The topological polar surface area (TPSA) is 23.0 Å². The number of fused-ring (bicyclic) bond motifs is 5. The first kappa shape index (κ1) is 28.7. The highest BCUT2D eigenvalue weighted by atomic mass is 16.3. The fourth-order valence-electron chi connectivity index (χ4n) is 7.27. The van der Waals surface area contributed by atoms with Gasteiger partial charge in [-0.1, -0.05) is 92.4 Å². The van der Waals surface area contributed by atoms with E-state index in [4.69, 9.17) is 4.42 Å².